The van der Waals surface area contributed by atoms with Crippen molar-refractivity contribution < 1.29 is 17.9 Å². The Hall–Kier alpha value is -2.52. The number of anilines is 2. The molecule has 0 radical (unpaired) electrons. The summed E-state index contributed by atoms with van der Waals surface area (Å²) in [5.41, 5.74) is 1.22. The van der Waals surface area contributed by atoms with Crippen LogP contribution in [0.2, 0.25) is 5.02 Å². The molecule has 1 aliphatic heterocycles. The highest BCUT2D eigenvalue weighted by Crippen LogP contribution is 2.36. The number of fused-ring (bicyclic) bond motifs is 1. The monoisotopic (exact) mass is 439 g/mol. The van der Waals surface area contributed by atoms with Crippen LogP contribution in [-0.4, -0.2) is 47.3 Å². The van der Waals surface area contributed by atoms with Gasteiger partial charge in [-0.2, -0.15) is 0 Å². The van der Waals surface area contributed by atoms with Crippen molar-refractivity contribution in [2.24, 2.45) is 0 Å². The second-order valence-electron chi connectivity index (χ2n) is 7.27. The Balaban J connectivity index is 1.62. The van der Waals surface area contributed by atoms with E-state index >= 15 is 0 Å². The molecule has 3 aromatic rings. The molecule has 2 aromatic heterocycles. The van der Waals surface area contributed by atoms with Crippen molar-refractivity contribution in [3.8, 4) is 0 Å². The van der Waals surface area contributed by atoms with E-state index in [4.69, 9.17) is 16.3 Å². The summed E-state index contributed by atoms with van der Waals surface area (Å²) in [6.07, 6.45) is -2.87. The van der Waals surface area contributed by atoms with Crippen LogP contribution >= 0.6 is 11.6 Å². The summed E-state index contributed by atoms with van der Waals surface area (Å²) in [4.78, 5) is 12.4. The van der Waals surface area contributed by atoms with E-state index in [0.29, 0.717) is 47.2 Å². The predicted octanol–water partition coefficient (Wildman–Crippen LogP) is 4.42. The predicted molar refractivity (Wildman–Crippen MR) is 110 cm³/mol. The molecule has 1 aliphatic rings. The highest BCUT2D eigenvalue weighted by Gasteiger charge is 2.39. The van der Waals surface area contributed by atoms with Crippen LogP contribution in [-0.2, 0) is 17.6 Å². The number of ether oxygens (including phenoxy) is 1. The lowest BCUT2D eigenvalue weighted by Crippen LogP contribution is -2.53. The van der Waals surface area contributed by atoms with Crippen molar-refractivity contribution in [1.82, 2.24) is 14.5 Å². The molecular weight excluding hydrogens is 419 g/mol. The zero-order valence-electron chi connectivity index (χ0n) is 16.5. The lowest BCUT2D eigenvalue weighted by atomic mass is 10.2. The first-order valence-corrected chi connectivity index (χ1v) is 9.87. The SMILES string of the molecule is COCc1cnc(N2CCN(c3nc4ccccc4n3C(F)(F)F)[C@H](C)C2)c(Cl)c1. The number of hydrogen-bond acceptors (Lipinski definition) is 5. The van der Waals surface area contributed by atoms with Crippen molar-refractivity contribution in [1.29, 1.82) is 0 Å². The van der Waals surface area contributed by atoms with Crippen molar-refractivity contribution in [3.63, 3.8) is 0 Å². The fourth-order valence-corrected chi connectivity index (χ4v) is 4.16. The smallest absolute Gasteiger partial charge is 0.380 e. The molecule has 1 fully saturated rings. The number of imidazole rings is 1. The van der Waals surface area contributed by atoms with Crippen LogP contribution in [0.15, 0.2) is 36.5 Å². The van der Waals surface area contributed by atoms with Gasteiger partial charge in [-0.05, 0) is 30.7 Å². The van der Waals surface area contributed by atoms with Gasteiger partial charge in [-0.3, -0.25) is 0 Å². The van der Waals surface area contributed by atoms with E-state index in [2.05, 4.69) is 9.97 Å². The van der Waals surface area contributed by atoms with Crippen LogP contribution in [0.5, 0.6) is 0 Å². The van der Waals surface area contributed by atoms with Gasteiger partial charge < -0.3 is 14.5 Å². The van der Waals surface area contributed by atoms with E-state index < -0.39 is 6.30 Å². The quantitative estimate of drug-likeness (QED) is 0.602. The minimum atomic E-state index is -4.57. The number of hydrogen-bond donors (Lipinski definition) is 0. The zero-order valence-corrected chi connectivity index (χ0v) is 17.3. The molecule has 0 N–H and O–H groups in total. The summed E-state index contributed by atoms with van der Waals surface area (Å²) < 4.78 is 47.0. The molecule has 160 valence electrons. The minimum Gasteiger partial charge on any atom is -0.380 e. The summed E-state index contributed by atoms with van der Waals surface area (Å²) >= 11 is 6.40. The molecular formula is C20H21ClF3N5O. The van der Waals surface area contributed by atoms with E-state index in [-0.39, 0.29) is 17.5 Å². The number of piperazine rings is 1. The van der Waals surface area contributed by atoms with E-state index in [9.17, 15) is 13.2 Å². The maximum Gasteiger partial charge on any atom is 0.491 e. The van der Waals surface area contributed by atoms with Crippen LogP contribution in [0.4, 0.5) is 24.9 Å². The second-order valence-corrected chi connectivity index (χ2v) is 7.68. The number of alkyl halides is 3. The molecule has 30 heavy (non-hydrogen) atoms. The van der Waals surface area contributed by atoms with Gasteiger partial charge in [0.25, 0.3) is 0 Å². The average Bonchev–Trinajstić information content (AvgIpc) is 3.08. The van der Waals surface area contributed by atoms with Gasteiger partial charge in [-0.1, -0.05) is 23.7 Å². The van der Waals surface area contributed by atoms with E-state index in [1.54, 1.807) is 42.5 Å². The van der Waals surface area contributed by atoms with Crippen LogP contribution in [0.1, 0.15) is 12.5 Å². The Bertz CT molecular complexity index is 1050. The van der Waals surface area contributed by atoms with Crippen molar-refractivity contribution in [2.75, 3.05) is 36.5 Å². The first-order valence-electron chi connectivity index (χ1n) is 9.49. The molecule has 3 heterocycles. The molecule has 0 saturated carbocycles. The van der Waals surface area contributed by atoms with Gasteiger partial charge in [0.1, 0.15) is 5.82 Å². The summed E-state index contributed by atoms with van der Waals surface area (Å²) in [5, 5.41) is 0.493. The van der Waals surface area contributed by atoms with Gasteiger partial charge in [0.05, 0.1) is 22.7 Å². The molecule has 1 aromatic carbocycles. The van der Waals surface area contributed by atoms with Crippen molar-refractivity contribution in [3.05, 3.63) is 47.1 Å². The maximum atomic E-state index is 13.8. The van der Waals surface area contributed by atoms with E-state index in [0.717, 1.165) is 5.56 Å². The third-order valence-corrected chi connectivity index (χ3v) is 5.45. The summed E-state index contributed by atoms with van der Waals surface area (Å²) in [6.45, 7) is 3.59. The van der Waals surface area contributed by atoms with Gasteiger partial charge in [-0.25, -0.2) is 14.5 Å². The van der Waals surface area contributed by atoms with Crippen molar-refractivity contribution >= 4 is 34.4 Å². The largest absolute Gasteiger partial charge is 0.491 e. The van der Waals surface area contributed by atoms with Crippen molar-refractivity contribution in [2.45, 2.75) is 25.9 Å². The number of methoxy groups -OCH3 is 1. The Morgan fingerprint density at radius 2 is 2.00 bits per heavy atom. The molecule has 0 bridgehead atoms. The van der Waals surface area contributed by atoms with E-state index in [1.165, 1.54) is 6.07 Å². The minimum absolute atomic E-state index is 0.0491. The molecule has 1 atom stereocenters. The number of benzene rings is 1. The lowest BCUT2D eigenvalue weighted by molar-refractivity contribution is -0.199. The molecule has 0 unspecified atom stereocenters. The third-order valence-electron chi connectivity index (χ3n) is 5.17. The summed E-state index contributed by atoms with van der Waals surface area (Å²) in [5.74, 6) is 0.526. The molecule has 10 heteroatoms. The first kappa shape index (κ1) is 20.7. The number of pyridine rings is 1. The van der Waals surface area contributed by atoms with Gasteiger partial charge in [0.2, 0.25) is 5.95 Å². The third kappa shape index (κ3) is 3.79. The topological polar surface area (TPSA) is 46.4 Å². The second kappa shape index (κ2) is 7.96. The Labute approximate surface area is 176 Å². The van der Waals surface area contributed by atoms with E-state index in [1.807, 2.05) is 11.8 Å². The Morgan fingerprint density at radius 3 is 2.67 bits per heavy atom. The highest BCUT2D eigenvalue weighted by atomic mass is 35.5. The molecule has 0 spiro atoms. The maximum absolute atomic E-state index is 13.8. The van der Waals surface area contributed by atoms with Crippen LogP contribution < -0.4 is 9.80 Å². The number of halogens is 4. The number of rotatable bonds is 4. The molecule has 6 nitrogen and oxygen atoms in total. The highest BCUT2D eigenvalue weighted by molar-refractivity contribution is 6.33. The van der Waals surface area contributed by atoms with Gasteiger partial charge in [-0.15, -0.1) is 13.2 Å². The fraction of sp³-hybridized carbons (Fsp3) is 0.400. The average molecular weight is 440 g/mol. The summed E-state index contributed by atoms with van der Waals surface area (Å²) in [7, 11) is 1.59. The number of aromatic nitrogens is 3. The fourth-order valence-electron chi connectivity index (χ4n) is 3.85. The molecule has 1 saturated heterocycles. The normalized spacial score (nSPS) is 17.7. The molecule has 0 aliphatic carbocycles. The molecule has 0 amide bonds. The number of nitrogens with zero attached hydrogens (tertiary/aromatic N) is 5. The standard InChI is InChI=1S/C20H21ClF3N5O/c1-13-11-27(18-15(21)9-14(10-25-18)12-30-2)7-8-28(13)19-26-16-5-3-4-6-17(16)29(19)20(22,23)24/h3-6,9-10,13H,7-8,11-12H2,1-2H3/t13-/m1/s1. The zero-order chi connectivity index (χ0) is 21.5. The van der Waals surface area contributed by atoms with Crippen LogP contribution in [0, 0.1) is 0 Å². The lowest BCUT2D eigenvalue weighted by Gasteiger charge is -2.41. The van der Waals surface area contributed by atoms with Crippen LogP contribution in [0.3, 0.4) is 0 Å². The Morgan fingerprint density at radius 1 is 1.23 bits per heavy atom. The first-order chi connectivity index (χ1) is 14.3. The molecule has 4 rings (SSSR count). The van der Waals surface area contributed by atoms with Gasteiger partial charge in [0.15, 0.2) is 0 Å². The Kier molecular flexibility index (Phi) is 5.50. The van der Waals surface area contributed by atoms with Gasteiger partial charge in [0, 0.05) is 39.0 Å². The summed E-state index contributed by atoms with van der Waals surface area (Å²) in [6, 6.07) is 7.86. The van der Waals surface area contributed by atoms with Crippen LogP contribution in [0.25, 0.3) is 11.0 Å². The van der Waals surface area contributed by atoms with Gasteiger partial charge >= 0.3 is 6.30 Å². The number of para-hydroxylation sites is 2.